The molecule has 0 aliphatic heterocycles. The predicted octanol–water partition coefficient (Wildman–Crippen LogP) is 4.22. The Balaban J connectivity index is 2.06. The van der Waals surface area contributed by atoms with E-state index >= 15 is 0 Å². The number of nitrogen functional groups attached to an aromatic ring is 1. The van der Waals surface area contributed by atoms with Crippen LogP contribution in [0, 0.1) is 0 Å². The summed E-state index contributed by atoms with van der Waals surface area (Å²) >= 11 is 6.23. The highest BCUT2D eigenvalue weighted by atomic mass is 35.5. The zero-order chi connectivity index (χ0) is 14.8. The molecule has 0 aliphatic rings. The Bertz CT molecular complexity index is 805. The number of nitrogens with two attached hydrogens (primary N) is 1. The summed E-state index contributed by atoms with van der Waals surface area (Å²) < 4.78 is 5.22. The fourth-order valence-electron chi connectivity index (χ4n) is 2.15. The Morgan fingerprint density at radius 2 is 1.95 bits per heavy atom. The smallest absolute Gasteiger partial charge is 0.121 e. The molecule has 0 saturated carbocycles. The molecule has 0 amide bonds. The van der Waals surface area contributed by atoms with Crippen molar-refractivity contribution in [3.05, 3.63) is 53.7 Å². The van der Waals surface area contributed by atoms with Crippen LogP contribution in [0.4, 0.5) is 17.1 Å². The van der Waals surface area contributed by atoms with Gasteiger partial charge in [-0.05, 0) is 36.4 Å². The molecule has 4 nitrogen and oxygen atoms in total. The maximum atomic E-state index is 6.23. The number of benzene rings is 2. The van der Waals surface area contributed by atoms with Gasteiger partial charge < -0.3 is 15.8 Å². The maximum absolute atomic E-state index is 6.23. The minimum absolute atomic E-state index is 0.621. The highest BCUT2D eigenvalue weighted by Crippen LogP contribution is 2.32. The number of hydrogen-bond donors (Lipinski definition) is 2. The molecule has 1 aromatic heterocycles. The Morgan fingerprint density at radius 3 is 2.76 bits per heavy atom. The molecular formula is C16H14ClN3O. The van der Waals surface area contributed by atoms with Crippen molar-refractivity contribution in [1.82, 2.24) is 4.98 Å². The van der Waals surface area contributed by atoms with E-state index in [-0.39, 0.29) is 0 Å². The van der Waals surface area contributed by atoms with Crippen molar-refractivity contribution < 1.29 is 4.74 Å². The third kappa shape index (κ3) is 2.71. The number of anilines is 3. The zero-order valence-electron chi connectivity index (χ0n) is 11.4. The van der Waals surface area contributed by atoms with Crippen LogP contribution in [0.5, 0.6) is 5.75 Å². The standard InChI is InChI=1S/C16H14ClN3O/c1-21-11-3-5-13(17)16(9-11)20-14-6-7-19-15-8-10(18)2-4-12(14)15/h2-9H,18H2,1H3,(H,19,20). The monoisotopic (exact) mass is 299 g/mol. The lowest BCUT2D eigenvalue weighted by Gasteiger charge is -2.12. The third-order valence-electron chi connectivity index (χ3n) is 3.21. The van der Waals surface area contributed by atoms with Gasteiger partial charge in [0.05, 0.1) is 23.3 Å². The highest BCUT2D eigenvalue weighted by molar-refractivity contribution is 6.33. The van der Waals surface area contributed by atoms with Crippen molar-refractivity contribution in [2.24, 2.45) is 0 Å². The van der Waals surface area contributed by atoms with E-state index in [4.69, 9.17) is 22.1 Å². The second-order valence-electron chi connectivity index (χ2n) is 4.61. The number of nitrogens with one attached hydrogen (secondary N) is 1. The van der Waals surface area contributed by atoms with Gasteiger partial charge in [-0.3, -0.25) is 4.98 Å². The summed E-state index contributed by atoms with van der Waals surface area (Å²) in [5.41, 5.74) is 9.00. The van der Waals surface area contributed by atoms with Crippen molar-refractivity contribution in [2.45, 2.75) is 0 Å². The van der Waals surface area contributed by atoms with E-state index in [1.54, 1.807) is 19.4 Å². The number of rotatable bonds is 3. The molecule has 0 saturated heterocycles. The minimum Gasteiger partial charge on any atom is -0.497 e. The lowest BCUT2D eigenvalue weighted by atomic mass is 10.1. The quantitative estimate of drug-likeness (QED) is 0.711. The van der Waals surface area contributed by atoms with Crippen molar-refractivity contribution in [2.75, 3.05) is 18.2 Å². The van der Waals surface area contributed by atoms with Gasteiger partial charge in [0.15, 0.2) is 0 Å². The van der Waals surface area contributed by atoms with E-state index in [9.17, 15) is 0 Å². The van der Waals surface area contributed by atoms with Crippen molar-refractivity contribution in [3.63, 3.8) is 0 Å². The van der Waals surface area contributed by atoms with Gasteiger partial charge in [0.2, 0.25) is 0 Å². The first-order valence-electron chi connectivity index (χ1n) is 6.42. The SMILES string of the molecule is COc1ccc(Cl)c(Nc2ccnc3cc(N)ccc23)c1. The summed E-state index contributed by atoms with van der Waals surface area (Å²) in [6, 6.07) is 13.0. The highest BCUT2D eigenvalue weighted by Gasteiger charge is 2.06. The second-order valence-corrected chi connectivity index (χ2v) is 5.01. The number of fused-ring (bicyclic) bond motifs is 1. The molecule has 0 atom stereocenters. The molecule has 0 spiro atoms. The zero-order valence-corrected chi connectivity index (χ0v) is 12.2. The van der Waals surface area contributed by atoms with Crippen molar-refractivity contribution in [3.8, 4) is 5.75 Å². The molecule has 1 heterocycles. The van der Waals surface area contributed by atoms with Crippen LogP contribution < -0.4 is 15.8 Å². The number of pyridine rings is 1. The van der Waals surface area contributed by atoms with Gasteiger partial charge in [-0.2, -0.15) is 0 Å². The molecule has 0 bridgehead atoms. The number of ether oxygens (including phenoxy) is 1. The van der Waals surface area contributed by atoms with E-state index in [2.05, 4.69) is 10.3 Å². The molecule has 2 aromatic carbocycles. The Labute approximate surface area is 127 Å². The Kier molecular flexibility index (Phi) is 3.54. The average molecular weight is 300 g/mol. The van der Waals surface area contributed by atoms with Crippen LogP contribution in [-0.4, -0.2) is 12.1 Å². The van der Waals surface area contributed by atoms with Crippen molar-refractivity contribution >= 4 is 39.6 Å². The third-order valence-corrected chi connectivity index (χ3v) is 3.54. The largest absolute Gasteiger partial charge is 0.497 e. The van der Waals surface area contributed by atoms with Gasteiger partial charge in [-0.15, -0.1) is 0 Å². The molecule has 5 heteroatoms. The predicted molar refractivity (Wildman–Crippen MR) is 87.4 cm³/mol. The fraction of sp³-hybridized carbons (Fsp3) is 0.0625. The van der Waals surface area contributed by atoms with Gasteiger partial charge in [-0.1, -0.05) is 11.6 Å². The van der Waals surface area contributed by atoms with E-state index in [0.29, 0.717) is 10.7 Å². The lowest BCUT2D eigenvalue weighted by Crippen LogP contribution is -1.95. The summed E-state index contributed by atoms with van der Waals surface area (Å²) in [6.07, 6.45) is 1.73. The number of methoxy groups -OCH3 is 1. The Morgan fingerprint density at radius 1 is 1.10 bits per heavy atom. The van der Waals surface area contributed by atoms with E-state index < -0.39 is 0 Å². The molecule has 21 heavy (non-hydrogen) atoms. The van der Waals surface area contributed by atoms with E-state index in [1.807, 2.05) is 36.4 Å². The van der Waals surface area contributed by atoms with Gasteiger partial charge in [-0.25, -0.2) is 0 Å². The fourth-order valence-corrected chi connectivity index (χ4v) is 2.31. The van der Waals surface area contributed by atoms with Gasteiger partial charge in [0, 0.05) is 29.0 Å². The first-order valence-corrected chi connectivity index (χ1v) is 6.80. The van der Waals surface area contributed by atoms with Crippen LogP contribution in [-0.2, 0) is 0 Å². The molecule has 3 rings (SSSR count). The number of hydrogen-bond acceptors (Lipinski definition) is 4. The van der Waals surface area contributed by atoms with Crippen LogP contribution in [0.25, 0.3) is 10.9 Å². The molecule has 106 valence electrons. The normalized spacial score (nSPS) is 10.6. The maximum Gasteiger partial charge on any atom is 0.121 e. The molecule has 0 aliphatic carbocycles. The van der Waals surface area contributed by atoms with Crippen LogP contribution in [0.15, 0.2) is 48.7 Å². The van der Waals surface area contributed by atoms with E-state index in [0.717, 1.165) is 28.0 Å². The molecule has 0 radical (unpaired) electrons. The van der Waals surface area contributed by atoms with Crippen LogP contribution in [0.1, 0.15) is 0 Å². The topological polar surface area (TPSA) is 60.2 Å². The number of aromatic nitrogens is 1. The first-order chi connectivity index (χ1) is 10.2. The molecule has 0 unspecified atom stereocenters. The number of nitrogens with zero attached hydrogens (tertiary/aromatic N) is 1. The van der Waals surface area contributed by atoms with Crippen LogP contribution in [0.3, 0.4) is 0 Å². The van der Waals surface area contributed by atoms with Gasteiger partial charge in [0.25, 0.3) is 0 Å². The van der Waals surface area contributed by atoms with Gasteiger partial charge in [0.1, 0.15) is 5.75 Å². The van der Waals surface area contributed by atoms with E-state index in [1.165, 1.54) is 0 Å². The summed E-state index contributed by atoms with van der Waals surface area (Å²) in [6.45, 7) is 0. The second kappa shape index (κ2) is 5.50. The first kappa shape index (κ1) is 13.5. The molecule has 0 fully saturated rings. The molecule has 3 aromatic rings. The van der Waals surface area contributed by atoms with Crippen LogP contribution >= 0.6 is 11.6 Å². The molecular weight excluding hydrogens is 286 g/mol. The Hall–Kier alpha value is -2.46. The van der Waals surface area contributed by atoms with Gasteiger partial charge >= 0.3 is 0 Å². The number of halogens is 1. The summed E-state index contributed by atoms with van der Waals surface area (Å²) in [4.78, 5) is 4.32. The summed E-state index contributed by atoms with van der Waals surface area (Å²) in [5, 5.41) is 4.92. The van der Waals surface area contributed by atoms with Crippen molar-refractivity contribution in [1.29, 1.82) is 0 Å². The van der Waals surface area contributed by atoms with Crippen LogP contribution in [0.2, 0.25) is 5.02 Å². The summed E-state index contributed by atoms with van der Waals surface area (Å²) in [5.74, 6) is 0.740. The lowest BCUT2D eigenvalue weighted by molar-refractivity contribution is 0.415. The molecule has 3 N–H and O–H groups in total. The minimum atomic E-state index is 0.621. The average Bonchev–Trinajstić information content (AvgIpc) is 2.49. The summed E-state index contributed by atoms with van der Waals surface area (Å²) in [7, 11) is 1.62.